The van der Waals surface area contributed by atoms with Crippen LogP contribution < -0.4 is 0 Å². The van der Waals surface area contributed by atoms with Gasteiger partial charge in [-0.25, -0.2) is 9.48 Å². The first-order valence-corrected chi connectivity index (χ1v) is 5.32. The molecule has 1 aromatic heterocycles. The summed E-state index contributed by atoms with van der Waals surface area (Å²) in [5.41, 5.74) is 0.738. The first-order chi connectivity index (χ1) is 7.18. The molecule has 5 nitrogen and oxygen atoms in total. The van der Waals surface area contributed by atoms with Gasteiger partial charge in [-0.05, 0) is 25.7 Å². The Bertz CT molecular complexity index is 367. The molecule has 1 aliphatic carbocycles. The van der Waals surface area contributed by atoms with Gasteiger partial charge in [0.05, 0.1) is 5.69 Å². The van der Waals surface area contributed by atoms with Gasteiger partial charge in [-0.3, -0.25) is 0 Å². The first kappa shape index (κ1) is 10.1. The molecule has 0 radical (unpaired) electrons. The smallest absolute Gasteiger partial charge is 0.358 e. The van der Waals surface area contributed by atoms with E-state index in [4.69, 9.17) is 5.11 Å². The van der Waals surface area contributed by atoms with Crippen molar-refractivity contribution >= 4 is 5.97 Å². The Hall–Kier alpha value is -1.39. The Labute approximate surface area is 88.1 Å². The van der Waals surface area contributed by atoms with Gasteiger partial charge in [0.25, 0.3) is 0 Å². The monoisotopic (exact) mass is 209 g/mol. The molecule has 0 amide bonds. The fourth-order valence-electron chi connectivity index (χ4n) is 2.17. The number of aromatic nitrogens is 3. The van der Waals surface area contributed by atoms with Crippen molar-refractivity contribution in [2.24, 2.45) is 5.92 Å². The van der Waals surface area contributed by atoms with E-state index in [-0.39, 0.29) is 5.69 Å². The van der Waals surface area contributed by atoms with Gasteiger partial charge < -0.3 is 5.11 Å². The normalized spacial score (nSPS) is 17.1. The van der Waals surface area contributed by atoms with Crippen LogP contribution in [0.1, 0.15) is 41.9 Å². The molecule has 0 unspecified atom stereocenters. The summed E-state index contributed by atoms with van der Waals surface area (Å²) in [7, 11) is 0. The second kappa shape index (κ2) is 4.00. The summed E-state index contributed by atoms with van der Waals surface area (Å²) < 4.78 is 1.72. The number of carbonyl (C=O) groups is 1. The van der Waals surface area contributed by atoms with Crippen LogP contribution in [0.25, 0.3) is 0 Å². The van der Waals surface area contributed by atoms with Crippen LogP contribution in [0.2, 0.25) is 0 Å². The van der Waals surface area contributed by atoms with Gasteiger partial charge in [-0.15, -0.1) is 5.10 Å². The lowest BCUT2D eigenvalue weighted by atomic mass is 10.1. The van der Waals surface area contributed by atoms with Crippen molar-refractivity contribution in [3.05, 3.63) is 11.4 Å². The molecule has 0 bridgehead atoms. The molecule has 0 saturated heterocycles. The highest BCUT2D eigenvalue weighted by atomic mass is 16.4. The zero-order valence-corrected chi connectivity index (χ0v) is 8.81. The average Bonchev–Trinajstić information content (AvgIpc) is 2.78. The molecule has 0 atom stereocenters. The van der Waals surface area contributed by atoms with E-state index in [1.54, 1.807) is 11.6 Å². The van der Waals surface area contributed by atoms with Crippen molar-refractivity contribution in [2.45, 2.75) is 39.2 Å². The van der Waals surface area contributed by atoms with Gasteiger partial charge in [-0.2, -0.15) is 0 Å². The van der Waals surface area contributed by atoms with E-state index in [0.29, 0.717) is 11.6 Å². The molecular formula is C10H15N3O2. The zero-order chi connectivity index (χ0) is 10.8. The van der Waals surface area contributed by atoms with Crippen LogP contribution in [-0.4, -0.2) is 26.1 Å². The zero-order valence-electron chi connectivity index (χ0n) is 8.81. The molecular weight excluding hydrogens is 194 g/mol. The number of hydrogen-bond acceptors (Lipinski definition) is 3. The van der Waals surface area contributed by atoms with Crippen molar-refractivity contribution < 1.29 is 9.90 Å². The predicted molar refractivity (Wildman–Crippen MR) is 53.7 cm³/mol. The van der Waals surface area contributed by atoms with Crippen LogP contribution in [0, 0.1) is 12.8 Å². The standard InChI is InChI=1S/C10H15N3O2/c1-7-9(10(14)15)11-12-13(7)6-8-4-2-3-5-8/h8H,2-6H2,1H3,(H,14,15). The Morgan fingerprint density at radius 1 is 1.53 bits per heavy atom. The van der Waals surface area contributed by atoms with Gasteiger partial charge in [0.1, 0.15) is 0 Å². The van der Waals surface area contributed by atoms with E-state index < -0.39 is 5.97 Å². The van der Waals surface area contributed by atoms with E-state index in [0.717, 1.165) is 6.54 Å². The van der Waals surface area contributed by atoms with E-state index in [9.17, 15) is 4.79 Å². The lowest BCUT2D eigenvalue weighted by Gasteiger charge is -2.09. The largest absolute Gasteiger partial charge is 0.476 e. The number of carboxylic acid groups (broad SMARTS) is 1. The number of carboxylic acids is 1. The topological polar surface area (TPSA) is 68.0 Å². The molecule has 1 aromatic rings. The van der Waals surface area contributed by atoms with Crippen LogP contribution in [-0.2, 0) is 6.54 Å². The fourth-order valence-corrected chi connectivity index (χ4v) is 2.17. The van der Waals surface area contributed by atoms with Crippen molar-refractivity contribution in [1.29, 1.82) is 0 Å². The van der Waals surface area contributed by atoms with Gasteiger partial charge in [0, 0.05) is 6.54 Å². The Kier molecular flexibility index (Phi) is 2.70. The summed E-state index contributed by atoms with van der Waals surface area (Å²) in [6.07, 6.45) is 5.01. The molecule has 2 rings (SSSR count). The van der Waals surface area contributed by atoms with Crippen LogP contribution >= 0.6 is 0 Å². The molecule has 1 fully saturated rings. The Morgan fingerprint density at radius 3 is 2.73 bits per heavy atom. The number of rotatable bonds is 3. The molecule has 82 valence electrons. The highest BCUT2D eigenvalue weighted by Gasteiger charge is 2.20. The van der Waals surface area contributed by atoms with Crippen LogP contribution in [0.3, 0.4) is 0 Å². The highest BCUT2D eigenvalue weighted by Crippen LogP contribution is 2.26. The number of nitrogens with zero attached hydrogens (tertiary/aromatic N) is 3. The minimum atomic E-state index is -0.995. The van der Waals surface area contributed by atoms with Gasteiger partial charge in [-0.1, -0.05) is 18.1 Å². The van der Waals surface area contributed by atoms with Crippen LogP contribution in [0.15, 0.2) is 0 Å². The molecule has 0 aliphatic heterocycles. The first-order valence-electron chi connectivity index (χ1n) is 5.32. The van der Waals surface area contributed by atoms with Crippen molar-refractivity contribution in [3.63, 3.8) is 0 Å². The van der Waals surface area contributed by atoms with Gasteiger partial charge >= 0.3 is 5.97 Å². The van der Waals surface area contributed by atoms with E-state index in [1.807, 2.05) is 0 Å². The van der Waals surface area contributed by atoms with Crippen LogP contribution in [0.5, 0.6) is 0 Å². The quantitative estimate of drug-likeness (QED) is 0.818. The second-order valence-electron chi connectivity index (χ2n) is 4.16. The highest BCUT2D eigenvalue weighted by molar-refractivity contribution is 5.86. The van der Waals surface area contributed by atoms with Crippen molar-refractivity contribution in [1.82, 2.24) is 15.0 Å². The molecule has 1 heterocycles. The summed E-state index contributed by atoms with van der Waals surface area (Å²) in [5, 5.41) is 16.4. The summed E-state index contributed by atoms with van der Waals surface area (Å²) >= 11 is 0. The minimum Gasteiger partial charge on any atom is -0.476 e. The third-order valence-electron chi connectivity index (χ3n) is 3.09. The maximum Gasteiger partial charge on any atom is 0.358 e. The molecule has 0 aromatic carbocycles. The maximum atomic E-state index is 10.8. The average molecular weight is 209 g/mol. The lowest BCUT2D eigenvalue weighted by molar-refractivity contribution is 0.0689. The third-order valence-corrected chi connectivity index (χ3v) is 3.09. The lowest BCUT2D eigenvalue weighted by Crippen LogP contribution is -2.11. The number of aromatic carboxylic acids is 1. The van der Waals surface area contributed by atoms with Crippen molar-refractivity contribution in [3.8, 4) is 0 Å². The predicted octanol–water partition coefficient (Wildman–Crippen LogP) is 1.47. The molecule has 15 heavy (non-hydrogen) atoms. The summed E-state index contributed by atoms with van der Waals surface area (Å²) in [6.45, 7) is 2.57. The Morgan fingerprint density at radius 2 is 2.20 bits per heavy atom. The summed E-state index contributed by atoms with van der Waals surface area (Å²) in [5.74, 6) is -0.350. The molecule has 5 heteroatoms. The SMILES string of the molecule is Cc1c(C(=O)O)nnn1CC1CCCC1. The van der Waals surface area contributed by atoms with Gasteiger partial charge in [0.15, 0.2) is 5.69 Å². The van der Waals surface area contributed by atoms with Crippen molar-refractivity contribution in [2.75, 3.05) is 0 Å². The molecule has 1 aliphatic rings. The number of hydrogen-bond donors (Lipinski definition) is 1. The third kappa shape index (κ3) is 2.00. The Balaban J connectivity index is 2.11. The van der Waals surface area contributed by atoms with E-state index in [2.05, 4.69) is 10.3 Å². The summed E-state index contributed by atoms with van der Waals surface area (Å²) in [4.78, 5) is 10.8. The maximum absolute atomic E-state index is 10.8. The van der Waals surface area contributed by atoms with E-state index >= 15 is 0 Å². The molecule has 1 N–H and O–H groups in total. The van der Waals surface area contributed by atoms with Gasteiger partial charge in [0.2, 0.25) is 0 Å². The van der Waals surface area contributed by atoms with Crippen LogP contribution in [0.4, 0.5) is 0 Å². The second-order valence-corrected chi connectivity index (χ2v) is 4.16. The minimum absolute atomic E-state index is 0.0768. The van der Waals surface area contributed by atoms with E-state index in [1.165, 1.54) is 25.7 Å². The molecule has 1 saturated carbocycles. The fraction of sp³-hybridized carbons (Fsp3) is 0.700. The molecule has 0 spiro atoms. The summed E-state index contributed by atoms with van der Waals surface area (Å²) in [6, 6.07) is 0.